The van der Waals surface area contributed by atoms with Crippen molar-refractivity contribution in [1.29, 1.82) is 0 Å². The van der Waals surface area contributed by atoms with Gasteiger partial charge in [-0.1, -0.05) is 48.5 Å². The molecule has 0 aliphatic heterocycles. The maximum absolute atomic E-state index is 12.6. The van der Waals surface area contributed by atoms with Gasteiger partial charge in [0.25, 0.3) is 11.6 Å². The van der Waals surface area contributed by atoms with Gasteiger partial charge in [-0.25, -0.2) is 4.79 Å². The first-order chi connectivity index (χ1) is 13.0. The topological polar surface area (TPSA) is 110 Å². The summed E-state index contributed by atoms with van der Waals surface area (Å²) in [5.41, 5.74) is 0.889. The number of carbonyl (C=O) groups is 2. The van der Waals surface area contributed by atoms with Gasteiger partial charge in [0.05, 0.1) is 4.92 Å². The highest BCUT2D eigenvalue weighted by Crippen LogP contribution is 2.19. The number of hydrogen-bond donors (Lipinski definition) is 2. The van der Waals surface area contributed by atoms with Crippen LogP contribution in [0.4, 0.5) is 5.69 Å². The first-order valence-electron chi connectivity index (χ1n) is 8.20. The van der Waals surface area contributed by atoms with Crippen molar-refractivity contribution >= 4 is 28.3 Å². The van der Waals surface area contributed by atoms with Gasteiger partial charge in [0.15, 0.2) is 0 Å². The summed E-state index contributed by atoms with van der Waals surface area (Å²) < 4.78 is 0. The number of benzene rings is 3. The molecule has 7 nitrogen and oxygen atoms in total. The largest absolute Gasteiger partial charge is 0.480 e. The number of non-ortho nitro benzene ring substituents is 1. The molecule has 0 aliphatic carbocycles. The Morgan fingerprint density at radius 3 is 2.33 bits per heavy atom. The highest BCUT2D eigenvalue weighted by molar-refractivity contribution is 6.07. The summed E-state index contributed by atoms with van der Waals surface area (Å²) in [6.07, 6.45) is 0.0177. The van der Waals surface area contributed by atoms with Gasteiger partial charge < -0.3 is 10.4 Å². The third-order valence-electron chi connectivity index (χ3n) is 4.22. The fourth-order valence-corrected chi connectivity index (χ4v) is 2.85. The molecule has 0 saturated carbocycles. The summed E-state index contributed by atoms with van der Waals surface area (Å²) in [6, 6.07) is 17.0. The van der Waals surface area contributed by atoms with Crippen LogP contribution in [0.1, 0.15) is 15.9 Å². The second-order valence-electron chi connectivity index (χ2n) is 6.02. The summed E-state index contributed by atoms with van der Waals surface area (Å²) in [5, 5.41) is 24.3. The molecule has 3 aromatic rings. The molecule has 0 radical (unpaired) electrons. The number of nitro groups is 1. The summed E-state index contributed by atoms with van der Waals surface area (Å²) in [5.74, 6) is -1.66. The van der Waals surface area contributed by atoms with Crippen LogP contribution in [0.5, 0.6) is 0 Å². The molecular formula is C20H16N2O5. The lowest BCUT2D eigenvalue weighted by atomic mass is 10.0. The normalized spacial score (nSPS) is 11.7. The number of carbonyl (C=O) groups excluding carboxylic acids is 1. The molecule has 3 rings (SSSR count). The van der Waals surface area contributed by atoms with Gasteiger partial charge in [0, 0.05) is 24.1 Å². The van der Waals surface area contributed by atoms with E-state index in [0.29, 0.717) is 11.1 Å². The molecule has 7 heteroatoms. The molecule has 0 spiro atoms. The summed E-state index contributed by atoms with van der Waals surface area (Å²) in [7, 11) is 0. The molecule has 3 aromatic carbocycles. The van der Waals surface area contributed by atoms with E-state index >= 15 is 0 Å². The Balaban J connectivity index is 1.80. The average molecular weight is 364 g/mol. The van der Waals surface area contributed by atoms with Crippen LogP contribution in [0.2, 0.25) is 0 Å². The maximum atomic E-state index is 12.6. The number of carboxylic acids is 1. The summed E-state index contributed by atoms with van der Waals surface area (Å²) in [4.78, 5) is 34.4. The standard InChI is InChI=1S/C20H16N2O5/c23-19(17-7-3-5-14-4-1-2-6-16(14)17)21-18(20(24)25)12-13-8-10-15(11-9-13)22(26)27/h1-11,18H,12H2,(H,21,23)(H,24,25)/t18-/m1/s1. The van der Waals surface area contributed by atoms with Crippen LogP contribution in [-0.2, 0) is 11.2 Å². The smallest absolute Gasteiger partial charge is 0.326 e. The van der Waals surface area contributed by atoms with Crippen molar-refractivity contribution in [2.45, 2.75) is 12.5 Å². The van der Waals surface area contributed by atoms with Gasteiger partial charge in [0.1, 0.15) is 6.04 Å². The predicted molar refractivity (Wildman–Crippen MR) is 99.6 cm³/mol. The van der Waals surface area contributed by atoms with Crippen LogP contribution >= 0.6 is 0 Å². The predicted octanol–water partition coefficient (Wildman–Crippen LogP) is 3.17. The van der Waals surface area contributed by atoms with E-state index < -0.39 is 22.8 Å². The lowest BCUT2D eigenvalue weighted by Gasteiger charge is -2.15. The van der Waals surface area contributed by atoms with E-state index in [1.54, 1.807) is 18.2 Å². The van der Waals surface area contributed by atoms with Crippen LogP contribution in [0.3, 0.4) is 0 Å². The molecule has 0 aliphatic rings. The Kier molecular flexibility index (Phi) is 5.12. The van der Waals surface area contributed by atoms with Gasteiger partial charge in [-0.2, -0.15) is 0 Å². The molecule has 0 aromatic heterocycles. The van der Waals surface area contributed by atoms with Crippen LogP contribution in [0.25, 0.3) is 10.8 Å². The lowest BCUT2D eigenvalue weighted by Crippen LogP contribution is -2.42. The van der Waals surface area contributed by atoms with Crippen molar-refractivity contribution in [2.24, 2.45) is 0 Å². The van der Waals surface area contributed by atoms with Gasteiger partial charge in [-0.05, 0) is 22.4 Å². The van der Waals surface area contributed by atoms with E-state index in [2.05, 4.69) is 5.32 Å². The van der Waals surface area contributed by atoms with Crippen LogP contribution in [-0.4, -0.2) is 27.9 Å². The van der Waals surface area contributed by atoms with Crippen molar-refractivity contribution in [3.63, 3.8) is 0 Å². The molecule has 0 heterocycles. The second-order valence-corrected chi connectivity index (χ2v) is 6.02. The zero-order valence-electron chi connectivity index (χ0n) is 14.2. The molecule has 2 N–H and O–H groups in total. The number of rotatable bonds is 6. The van der Waals surface area contributed by atoms with Crippen LogP contribution in [0.15, 0.2) is 66.7 Å². The molecule has 0 bridgehead atoms. The Morgan fingerprint density at radius 2 is 1.67 bits per heavy atom. The molecule has 136 valence electrons. The van der Waals surface area contributed by atoms with Crippen LogP contribution < -0.4 is 5.32 Å². The summed E-state index contributed by atoms with van der Waals surface area (Å²) in [6.45, 7) is 0. The Hall–Kier alpha value is -3.74. The number of nitrogens with one attached hydrogen (secondary N) is 1. The van der Waals surface area contributed by atoms with E-state index in [0.717, 1.165) is 10.8 Å². The van der Waals surface area contributed by atoms with E-state index in [-0.39, 0.29) is 12.1 Å². The molecule has 1 amide bonds. The quantitative estimate of drug-likeness (QED) is 0.516. The zero-order chi connectivity index (χ0) is 19.4. The number of hydrogen-bond acceptors (Lipinski definition) is 4. The average Bonchev–Trinajstić information content (AvgIpc) is 2.67. The minimum absolute atomic E-state index is 0.0177. The van der Waals surface area contributed by atoms with Crippen molar-refractivity contribution in [1.82, 2.24) is 5.32 Å². The molecule has 1 atom stereocenters. The van der Waals surface area contributed by atoms with Gasteiger partial charge in [-0.3, -0.25) is 14.9 Å². The monoisotopic (exact) mass is 364 g/mol. The van der Waals surface area contributed by atoms with Gasteiger partial charge in [-0.15, -0.1) is 0 Å². The maximum Gasteiger partial charge on any atom is 0.326 e. The minimum atomic E-state index is -1.18. The molecule has 27 heavy (non-hydrogen) atoms. The lowest BCUT2D eigenvalue weighted by molar-refractivity contribution is -0.384. The Labute approximate surface area is 154 Å². The van der Waals surface area contributed by atoms with Crippen molar-refractivity contribution in [3.8, 4) is 0 Å². The zero-order valence-corrected chi connectivity index (χ0v) is 14.2. The first kappa shape index (κ1) is 18.1. The highest BCUT2D eigenvalue weighted by Gasteiger charge is 2.22. The third kappa shape index (κ3) is 4.09. The number of aliphatic carboxylic acids is 1. The first-order valence-corrected chi connectivity index (χ1v) is 8.20. The minimum Gasteiger partial charge on any atom is -0.480 e. The van der Waals surface area contributed by atoms with Crippen LogP contribution in [0, 0.1) is 10.1 Å². The molecule has 0 fully saturated rings. The van der Waals surface area contributed by atoms with Gasteiger partial charge >= 0.3 is 5.97 Å². The number of nitro benzene ring substituents is 1. The Bertz CT molecular complexity index is 1010. The van der Waals surface area contributed by atoms with E-state index in [1.165, 1.54) is 24.3 Å². The van der Waals surface area contributed by atoms with Crippen molar-refractivity contribution in [3.05, 3.63) is 88.0 Å². The van der Waals surface area contributed by atoms with Gasteiger partial charge in [0.2, 0.25) is 0 Å². The molecule has 0 saturated heterocycles. The molecular weight excluding hydrogens is 348 g/mol. The number of carboxylic acid groups (broad SMARTS) is 1. The van der Waals surface area contributed by atoms with E-state index in [1.807, 2.05) is 24.3 Å². The number of amides is 1. The van der Waals surface area contributed by atoms with Crippen molar-refractivity contribution in [2.75, 3.05) is 0 Å². The SMILES string of the molecule is O=C(N[C@H](Cc1ccc([N+](=O)[O-])cc1)C(=O)O)c1cccc2ccccc12. The fraction of sp³-hybridized carbons (Fsp3) is 0.100. The number of nitrogens with zero attached hydrogens (tertiary/aromatic N) is 1. The second kappa shape index (κ2) is 7.65. The Morgan fingerprint density at radius 1 is 1.00 bits per heavy atom. The summed E-state index contributed by atoms with van der Waals surface area (Å²) >= 11 is 0. The third-order valence-corrected chi connectivity index (χ3v) is 4.22. The molecule has 0 unspecified atom stereocenters. The number of fused-ring (bicyclic) bond motifs is 1. The van der Waals surface area contributed by atoms with E-state index in [4.69, 9.17) is 0 Å². The highest BCUT2D eigenvalue weighted by atomic mass is 16.6. The van der Waals surface area contributed by atoms with E-state index in [9.17, 15) is 24.8 Å². The van der Waals surface area contributed by atoms with Crippen molar-refractivity contribution < 1.29 is 19.6 Å². The fourth-order valence-electron chi connectivity index (χ4n) is 2.85.